The Balaban J connectivity index is 1.37. The van der Waals surface area contributed by atoms with Crippen LogP contribution in [0.2, 0.25) is 0 Å². The number of amides is 1. The highest BCUT2D eigenvalue weighted by Crippen LogP contribution is 2.67. The van der Waals surface area contributed by atoms with E-state index in [2.05, 4.69) is 50.4 Å². The molecule has 3 N–H and O–H groups in total. The van der Waals surface area contributed by atoms with E-state index >= 15 is 0 Å². The van der Waals surface area contributed by atoms with Gasteiger partial charge < -0.3 is 15.7 Å². The Kier molecular flexibility index (Phi) is 7.45. The van der Waals surface area contributed by atoms with Crippen molar-refractivity contribution in [3.8, 4) is 0 Å². The normalized spacial score (nSPS) is 42.9. The van der Waals surface area contributed by atoms with Crippen LogP contribution < -0.4 is 10.6 Å². The molecule has 0 bridgehead atoms. The summed E-state index contributed by atoms with van der Waals surface area (Å²) in [4.78, 5) is 17.3. The number of aliphatic hydroxyl groups excluding tert-OH is 1. The minimum absolute atomic E-state index is 0.0770. The van der Waals surface area contributed by atoms with Gasteiger partial charge in [-0.05, 0) is 99.2 Å². The average Bonchev–Trinajstić information content (AvgIpc) is 3.12. The predicted octanol–water partition coefficient (Wildman–Crippen LogP) is 5.11. The summed E-state index contributed by atoms with van der Waals surface area (Å²) in [6.07, 6.45) is 10.2. The number of oxime groups is 1. The molecule has 4 aliphatic rings. The molecule has 0 aromatic heterocycles. The molecule has 6 heteroatoms. The lowest BCUT2D eigenvalue weighted by atomic mass is 9.44. The van der Waals surface area contributed by atoms with Crippen LogP contribution in [0, 0.1) is 40.4 Å². The molecule has 4 aliphatic carbocycles. The van der Waals surface area contributed by atoms with Crippen LogP contribution >= 0.6 is 0 Å². The molecular formula is C27H47N3O3. The van der Waals surface area contributed by atoms with E-state index in [4.69, 9.17) is 4.84 Å². The van der Waals surface area contributed by atoms with Gasteiger partial charge in [0.2, 0.25) is 0 Å². The molecule has 0 spiro atoms. The molecule has 0 unspecified atom stereocenters. The first kappa shape index (κ1) is 25.0. The van der Waals surface area contributed by atoms with Gasteiger partial charge in [-0.3, -0.25) is 4.84 Å². The molecule has 0 aromatic rings. The topological polar surface area (TPSA) is 83.0 Å². The molecule has 0 heterocycles. The lowest BCUT2D eigenvalue weighted by Gasteiger charge is -2.61. The molecule has 4 rings (SSSR count). The van der Waals surface area contributed by atoms with Crippen LogP contribution in [0.3, 0.4) is 0 Å². The fourth-order valence-corrected chi connectivity index (χ4v) is 8.66. The summed E-state index contributed by atoms with van der Waals surface area (Å²) in [7, 11) is 0. The Labute approximate surface area is 200 Å². The third-order valence-electron chi connectivity index (χ3n) is 10.4. The maximum atomic E-state index is 12.1. The third kappa shape index (κ3) is 4.84. The van der Waals surface area contributed by atoms with Gasteiger partial charge in [-0.1, -0.05) is 32.9 Å². The van der Waals surface area contributed by atoms with Crippen molar-refractivity contribution in [3.05, 3.63) is 0 Å². The van der Waals surface area contributed by atoms with Gasteiger partial charge in [-0.2, -0.15) is 0 Å². The second kappa shape index (κ2) is 9.85. The molecule has 4 fully saturated rings. The largest absolute Gasteiger partial charge is 0.433 e. The fraction of sp³-hybridized carbons (Fsp3) is 0.926. The lowest BCUT2D eigenvalue weighted by molar-refractivity contribution is -0.123. The third-order valence-corrected chi connectivity index (χ3v) is 10.4. The Morgan fingerprint density at radius 1 is 1.03 bits per heavy atom. The molecule has 0 saturated heterocycles. The van der Waals surface area contributed by atoms with Crippen LogP contribution in [-0.2, 0) is 4.84 Å². The van der Waals surface area contributed by atoms with Gasteiger partial charge in [0.05, 0.1) is 11.8 Å². The highest BCUT2D eigenvalue weighted by Gasteiger charge is 2.60. The fourth-order valence-electron chi connectivity index (χ4n) is 8.66. The Bertz CT molecular complexity index is 740. The van der Waals surface area contributed by atoms with Crippen molar-refractivity contribution < 1.29 is 14.7 Å². The van der Waals surface area contributed by atoms with Crippen molar-refractivity contribution in [2.45, 2.75) is 105 Å². The standard InChI is InChI=1S/C27H47N3O3/c1-17(2)28-14-15-29-25(32)33-30-18(3)22-8-9-23-21-7-6-19-16-20(31)10-12-26(19,4)24(21)11-13-27(22,23)5/h17,19-24,28,31H,6-16H2,1-5H3,(H,29,32)/b30-18+/t19-,20-,21+,22-,23+,24+,26+,27-/m1/s1. The maximum Gasteiger partial charge on any atom is 0.433 e. The van der Waals surface area contributed by atoms with Gasteiger partial charge in [0.25, 0.3) is 0 Å². The number of nitrogens with zero attached hydrogens (tertiary/aromatic N) is 1. The molecule has 6 nitrogen and oxygen atoms in total. The number of hydrogen-bond donors (Lipinski definition) is 3. The number of carbonyl (C=O) groups is 1. The van der Waals surface area contributed by atoms with E-state index in [1.165, 1.54) is 38.5 Å². The second-order valence-corrected chi connectivity index (χ2v) is 12.4. The zero-order valence-corrected chi connectivity index (χ0v) is 21.5. The Morgan fingerprint density at radius 2 is 1.76 bits per heavy atom. The van der Waals surface area contributed by atoms with Gasteiger partial charge in [-0.25, -0.2) is 4.79 Å². The van der Waals surface area contributed by atoms with Crippen LogP contribution in [0.15, 0.2) is 5.16 Å². The molecule has 0 radical (unpaired) electrons. The van der Waals surface area contributed by atoms with E-state index in [1.807, 2.05) is 0 Å². The van der Waals surface area contributed by atoms with Crippen LogP contribution in [0.1, 0.15) is 92.4 Å². The number of rotatable bonds is 6. The maximum absolute atomic E-state index is 12.1. The van der Waals surface area contributed by atoms with Crippen molar-refractivity contribution in [2.75, 3.05) is 13.1 Å². The molecule has 8 atom stereocenters. The number of fused-ring (bicyclic) bond motifs is 5. The molecule has 1 amide bonds. The zero-order chi connectivity index (χ0) is 23.8. The van der Waals surface area contributed by atoms with Crippen LogP contribution in [0.4, 0.5) is 4.79 Å². The van der Waals surface area contributed by atoms with Crippen molar-refractivity contribution in [3.63, 3.8) is 0 Å². The minimum atomic E-state index is -0.464. The van der Waals surface area contributed by atoms with Gasteiger partial charge in [-0.15, -0.1) is 0 Å². The molecular weight excluding hydrogens is 414 g/mol. The van der Waals surface area contributed by atoms with E-state index < -0.39 is 6.09 Å². The molecule has 0 aliphatic heterocycles. The van der Waals surface area contributed by atoms with Crippen LogP contribution in [0.5, 0.6) is 0 Å². The van der Waals surface area contributed by atoms with Gasteiger partial charge in [0.1, 0.15) is 0 Å². The van der Waals surface area contributed by atoms with E-state index in [1.54, 1.807) is 0 Å². The van der Waals surface area contributed by atoms with Gasteiger partial charge in [0.15, 0.2) is 0 Å². The summed E-state index contributed by atoms with van der Waals surface area (Å²) in [5, 5.41) is 20.6. The highest BCUT2D eigenvalue weighted by atomic mass is 16.7. The van der Waals surface area contributed by atoms with E-state index in [-0.39, 0.29) is 11.5 Å². The first-order valence-corrected chi connectivity index (χ1v) is 13.6. The summed E-state index contributed by atoms with van der Waals surface area (Å²) in [6.45, 7) is 12.5. The summed E-state index contributed by atoms with van der Waals surface area (Å²) >= 11 is 0. The van der Waals surface area contributed by atoms with E-state index in [0.29, 0.717) is 29.8 Å². The number of carbonyl (C=O) groups excluding carboxylic acids is 1. The number of hydrogen-bond acceptors (Lipinski definition) is 5. The lowest BCUT2D eigenvalue weighted by Crippen LogP contribution is -2.54. The molecule has 0 aromatic carbocycles. The summed E-state index contributed by atoms with van der Waals surface area (Å²) in [6, 6.07) is 0.400. The molecule has 33 heavy (non-hydrogen) atoms. The van der Waals surface area contributed by atoms with E-state index in [0.717, 1.165) is 49.3 Å². The SMILES string of the molecule is C/C(=N\OC(=O)NCCNC(C)C)[C@H]1CC[C@H]2[C@@H]3CC[C@@H]4C[C@H](O)CC[C@]4(C)[C@H]3CC[C@]12C. The predicted molar refractivity (Wildman–Crippen MR) is 132 cm³/mol. The monoisotopic (exact) mass is 461 g/mol. The van der Waals surface area contributed by atoms with Crippen molar-refractivity contribution in [2.24, 2.45) is 45.6 Å². The van der Waals surface area contributed by atoms with Gasteiger partial charge in [0, 0.05) is 25.0 Å². The Morgan fingerprint density at radius 3 is 2.52 bits per heavy atom. The first-order valence-electron chi connectivity index (χ1n) is 13.6. The quantitative estimate of drug-likeness (QED) is 0.222. The van der Waals surface area contributed by atoms with Crippen LogP contribution in [0.25, 0.3) is 0 Å². The number of aliphatic hydroxyl groups is 1. The highest BCUT2D eigenvalue weighted by molar-refractivity contribution is 5.85. The van der Waals surface area contributed by atoms with Crippen molar-refractivity contribution in [1.29, 1.82) is 0 Å². The number of nitrogens with one attached hydrogen (secondary N) is 2. The van der Waals surface area contributed by atoms with Crippen molar-refractivity contribution >= 4 is 11.8 Å². The minimum Gasteiger partial charge on any atom is -0.393 e. The molecule has 188 valence electrons. The van der Waals surface area contributed by atoms with Crippen molar-refractivity contribution in [1.82, 2.24) is 10.6 Å². The Hall–Kier alpha value is -1.14. The zero-order valence-electron chi connectivity index (χ0n) is 21.5. The second-order valence-electron chi connectivity index (χ2n) is 12.4. The summed E-state index contributed by atoms with van der Waals surface area (Å²) < 4.78 is 0. The average molecular weight is 462 g/mol. The summed E-state index contributed by atoms with van der Waals surface area (Å²) in [5.74, 6) is 3.45. The molecule has 4 saturated carbocycles. The first-order chi connectivity index (χ1) is 15.6. The van der Waals surface area contributed by atoms with Crippen LogP contribution in [-0.4, -0.2) is 42.1 Å². The van der Waals surface area contributed by atoms with E-state index in [9.17, 15) is 9.90 Å². The summed E-state index contributed by atoms with van der Waals surface area (Å²) in [5.41, 5.74) is 1.65. The smallest absolute Gasteiger partial charge is 0.393 e. The van der Waals surface area contributed by atoms with Gasteiger partial charge >= 0.3 is 6.09 Å².